The van der Waals surface area contributed by atoms with Crippen molar-refractivity contribution in [1.82, 2.24) is 0 Å². The van der Waals surface area contributed by atoms with Gasteiger partial charge in [0, 0.05) is 48.3 Å². The number of aryl methyl sites for hydroxylation is 1. The maximum Gasteiger partial charge on any atom is 0.336 e. The van der Waals surface area contributed by atoms with Gasteiger partial charge in [-0.2, -0.15) is 0 Å². The molecule has 7 nitrogen and oxygen atoms in total. The van der Waals surface area contributed by atoms with Crippen LogP contribution < -0.4 is 10.1 Å². The van der Waals surface area contributed by atoms with E-state index in [9.17, 15) is 19.8 Å². The lowest BCUT2D eigenvalue weighted by Crippen LogP contribution is -2.30. The van der Waals surface area contributed by atoms with E-state index >= 15 is 0 Å². The molecule has 3 N–H and O–H groups in total. The van der Waals surface area contributed by atoms with Crippen molar-refractivity contribution in [3.05, 3.63) is 81.1 Å². The van der Waals surface area contributed by atoms with Gasteiger partial charge >= 0.3 is 11.9 Å². The van der Waals surface area contributed by atoms with Crippen molar-refractivity contribution in [3.63, 3.8) is 0 Å². The molecule has 1 heterocycles. The molecule has 0 amide bonds. The number of hydrogen-bond donors (Lipinski definition) is 3. The summed E-state index contributed by atoms with van der Waals surface area (Å²) < 4.78 is 6.42. The zero-order valence-electron chi connectivity index (χ0n) is 22.2. The van der Waals surface area contributed by atoms with Crippen molar-refractivity contribution in [1.29, 1.82) is 0 Å². The predicted molar refractivity (Wildman–Crippen MR) is 146 cm³/mol. The SMILES string of the molecule is CCN=C1C=C2Oc3cc(NCC)c(C)cc3C(c3c(C(=O)O)cc(C(C)C)cc3C(=O)O)C2C=C1C. The summed E-state index contributed by atoms with van der Waals surface area (Å²) in [5.41, 5.74) is 5.39. The van der Waals surface area contributed by atoms with Crippen LogP contribution >= 0.6 is 0 Å². The first-order valence-electron chi connectivity index (χ1n) is 12.7. The number of aromatic carboxylic acids is 2. The number of benzene rings is 2. The Morgan fingerprint density at radius 2 is 1.70 bits per heavy atom. The second-order valence-corrected chi connectivity index (χ2v) is 9.89. The Bertz CT molecular complexity index is 1330. The van der Waals surface area contributed by atoms with Crippen LogP contribution in [0.1, 0.15) is 89.4 Å². The molecule has 0 fully saturated rings. The van der Waals surface area contributed by atoms with E-state index in [-0.39, 0.29) is 23.0 Å². The normalized spacial score (nSPS) is 19.5. The Morgan fingerprint density at radius 3 is 2.24 bits per heavy atom. The fraction of sp³-hybridized carbons (Fsp3) is 0.367. The standard InChI is InChI=1S/C30H34N2O5/c1-7-31-23-13-25-19(9-16(23)5)27(20-10-17(6)24(32-8-2)14-26(20)37-25)28-21(29(33)34)11-18(15(3)4)12-22(28)30(35)36/h9-15,19,27,32H,7-8H2,1-6H3,(H,33,34)(H,35,36). The van der Waals surface area contributed by atoms with E-state index in [0.29, 0.717) is 29.2 Å². The van der Waals surface area contributed by atoms with Gasteiger partial charge in [0.15, 0.2) is 0 Å². The second-order valence-electron chi connectivity index (χ2n) is 9.89. The summed E-state index contributed by atoms with van der Waals surface area (Å²) in [5, 5.41) is 23.9. The second kappa shape index (κ2) is 10.2. The number of carboxylic acid groups (broad SMARTS) is 2. The number of rotatable bonds is 7. The van der Waals surface area contributed by atoms with Crippen molar-refractivity contribution in [2.75, 3.05) is 18.4 Å². The summed E-state index contributed by atoms with van der Waals surface area (Å²) in [5.74, 6) is -2.07. The number of allylic oxidation sites excluding steroid dienone is 3. The van der Waals surface area contributed by atoms with Gasteiger partial charge in [0.25, 0.3) is 0 Å². The minimum absolute atomic E-state index is 0.00767. The van der Waals surface area contributed by atoms with E-state index in [1.807, 2.05) is 65.8 Å². The molecule has 2 aromatic rings. The third-order valence-electron chi connectivity index (χ3n) is 7.06. The first-order chi connectivity index (χ1) is 17.6. The molecule has 37 heavy (non-hydrogen) atoms. The molecule has 4 rings (SSSR count). The molecule has 0 saturated heterocycles. The Labute approximate surface area is 217 Å². The van der Waals surface area contributed by atoms with Crippen molar-refractivity contribution >= 4 is 23.3 Å². The van der Waals surface area contributed by atoms with Gasteiger partial charge in [-0.3, -0.25) is 4.99 Å². The number of carbonyl (C=O) groups is 2. The largest absolute Gasteiger partial charge is 0.478 e. The number of fused-ring (bicyclic) bond motifs is 2. The molecule has 0 saturated carbocycles. The van der Waals surface area contributed by atoms with Gasteiger partial charge in [0.1, 0.15) is 11.5 Å². The zero-order valence-corrected chi connectivity index (χ0v) is 22.2. The van der Waals surface area contributed by atoms with Crippen LogP contribution in [0.5, 0.6) is 5.75 Å². The van der Waals surface area contributed by atoms with Crippen molar-refractivity contribution in [2.45, 2.75) is 53.4 Å². The summed E-state index contributed by atoms with van der Waals surface area (Å²) >= 11 is 0. The summed E-state index contributed by atoms with van der Waals surface area (Å²) in [6.07, 6.45) is 3.92. The molecule has 0 bridgehead atoms. The first-order valence-corrected chi connectivity index (χ1v) is 12.7. The van der Waals surface area contributed by atoms with E-state index in [1.165, 1.54) is 0 Å². The summed E-state index contributed by atoms with van der Waals surface area (Å²) in [7, 11) is 0. The van der Waals surface area contributed by atoms with Crippen LogP contribution in [0.4, 0.5) is 5.69 Å². The average molecular weight is 503 g/mol. The average Bonchev–Trinajstić information content (AvgIpc) is 2.83. The third-order valence-corrected chi connectivity index (χ3v) is 7.06. The summed E-state index contributed by atoms with van der Waals surface area (Å²) in [6, 6.07) is 7.15. The zero-order chi connectivity index (χ0) is 27.0. The number of anilines is 1. The minimum Gasteiger partial charge on any atom is -0.478 e. The number of nitrogens with zero attached hydrogens (tertiary/aromatic N) is 1. The van der Waals surface area contributed by atoms with Crippen LogP contribution in [0, 0.1) is 12.8 Å². The first kappa shape index (κ1) is 26.2. The van der Waals surface area contributed by atoms with Gasteiger partial charge in [-0.15, -0.1) is 0 Å². The Morgan fingerprint density at radius 1 is 1.05 bits per heavy atom. The van der Waals surface area contributed by atoms with Gasteiger partial charge in [-0.25, -0.2) is 9.59 Å². The molecule has 1 aliphatic carbocycles. The van der Waals surface area contributed by atoms with Crippen molar-refractivity contribution in [2.24, 2.45) is 10.9 Å². The van der Waals surface area contributed by atoms with Crippen LogP contribution in [-0.2, 0) is 0 Å². The van der Waals surface area contributed by atoms with Crippen molar-refractivity contribution in [3.8, 4) is 5.75 Å². The van der Waals surface area contributed by atoms with E-state index in [1.54, 1.807) is 12.1 Å². The molecule has 0 aromatic heterocycles. The Hall–Kier alpha value is -3.87. The molecule has 2 unspecified atom stereocenters. The molecule has 0 radical (unpaired) electrons. The smallest absolute Gasteiger partial charge is 0.336 e. The number of carboxylic acids is 2. The van der Waals surface area contributed by atoms with Crippen LogP contribution in [0.25, 0.3) is 0 Å². The van der Waals surface area contributed by atoms with Crippen LogP contribution in [0.3, 0.4) is 0 Å². The van der Waals surface area contributed by atoms with E-state index in [0.717, 1.165) is 34.6 Å². The van der Waals surface area contributed by atoms with Gasteiger partial charge in [0.05, 0.1) is 16.8 Å². The number of hydrogen-bond acceptors (Lipinski definition) is 5. The molecule has 0 spiro atoms. The van der Waals surface area contributed by atoms with Crippen molar-refractivity contribution < 1.29 is 24.5 Å². The van der Waals surface area contributed by atoms with Crippen LogP contribution in [0.15, 0.2) is 52.7 Å². The van der Waals surface area contributed by atoms with Gasteiger partial charge in [-0.1, -0.05) is 19.9 Å². The number of aliphatic imine (C=N–C) groups is 1. The van der Waals surface area contributed by atoms with E-state index < -0.39 is 17.9 Å². The molecule has 1 aliphatic heterocycles. The lowest BCUT2D eigenvalue weighted by Gasteiger charge is -2.38. The Balaban J connectivity index is 2.09. The van der Waals surface area contributed by atoms with Crippen LogP contribution in [0.2, 0.25) is 0 Å². The third kappa shape index (κ3) is 4.78. The van der Waals surface area contributed by atoms with Gasteiger partial charge in [-0.05, 0) is 74.1 Å². The highest BCUT2D eigenvalue weighted by Gasteiger charge is 2.41. The molecule has 2 aromatic carbocycles. The molecule has 2 aliphatic rings. The number of nitrogens with one attached hydrogen (secondary N) is 1. The minimum atomic E-state index is -1.15. The maximum atomic E-state index is 12.6. The highest BCUT2D eigenvalue weighted by atomic mass is 16.5. The molecule has 194 valence electrons. The highest BCUT2D eigenvalue weighted by molar-refractivity contribution is 6.09. The highest BCUT2D eigenvalue weighted by Crippen LogP contribution is 2.51. The van der Waals surface area contributed by atoms with Gasteiger partial charge < -0.3 is 20.3 Å². The van der Waals surface area contributed by atoms with E-state index in [4.69, 9.17) is 4.74 Å². The number of ether oxygens (including phenoxy) is 1. The lowest BCUT2D eigenvalue weighted by atomic mass is 9.71. The summed E-state index contributed by atoms with van der Waals surface area (Å²) in [6.45, 7) is 13.1. The molecular formula is C30H34N2O5. The Kier molecular flexibility index (Phi) is 7.25. The quantitative estimate of drug-likeness (QED) is 0.405. The molecule has 7 heteroatoms. The maximum absolute atomic E-state index is 12.6. The lowest BCUT2D eigenvalue weighted by molar-refractivity contribution is 0.0693. The van der Waals surface area contributed by atoms with Gasteiger partial charge in [0.2, 0.25) is 0 Å². The monoisotopic (exact) mass is 502 g/mol. The predicted octanol–water partition coefficient (Wildman–Crippen LogP) is 6.39. The fourth-order valence-electron chi connectivity index (χ4n) is 5.26. The summed E-state index contributed by atoms with van der Waals surface area (Å²) in [4.78, 5) is 29.8. The topological polar surface area (TPSA) is 108 Å². The van der Waals surface area contributed by atoms with E-state index in [2.05, 4.69) is 10.3 Å². The van der Waals surface area contributed by atoms with Crippen LogP contribution in [-0.4, -0.2) is 41.0 Å². The molecular weight excluding hydrogens is 468 g/mol. The fourth-order valence-corrected chi connectivity index (χ4v) is 5.26. The molecule has 2 atom stereocenters.